The Labute approximate surface area is 173 Å². The highest BCUT2D eigenvalue weighted by Gasteiger charge is 2.37. The molecule has 1 fully saturated rings. The first kappa shape index (κ1) is 19.8. The smallest absolute Gasteiger partial charge is 0.311 e. The van der Waals surface area contributed by atoms with Crippen molar-refractivity contribution in [3.63, 3.8) is 0 Å². The summed E-state index contributed by atoms with van der Waals surface area (Å²) in [6, 6.07) is 14.6. The van der Waals surface area contributed by atoms with Crippen molar-refractivity contribution in [1.82, 2.24) is 14.3 Å². The summed E-state index contributed by atoms with van der Waals surface area (Å²) in [6.45, 7) is 4.04. The first-order valence-electron chi connectivity index (χ1n) is 9.93. The topological polar surface area (TPSA) is 81.0 Å². The van der Waals surface area contributed by atoms with E-state index in [0.29, 0.717) is 17.9 Å². The van der Waals surface area contributed by atoms with Crippen LogP contribution in [0.2, 0.25) is 0 Å². The van der Waals surface area contributed by atoms with Gasteiger partial charge in [0.2, 0.25) is 5.91 Å². The van der Waals surface area contributed by atoms with Gasteiger partial charge in [-0.05, 0) is 31.0 Å². The lowest BCUT2D eigenvalue weighted by Gasteiger charge is -2.25. The maximum Gasteiger partial charge on any atom is 0.311 e. The second kappa shape index (κ2) is 8.10. The molecular weight excluding hydrogens is 382 g/mol. The summed E-state index contributed by atoms with van der Waals surface area (Å²) in [4.78, 5) is 43.5. The van der Waals surface area contributed by atoms with Crippen LogP contribution in [0, 0.1) is 12.8 Å². The molecule has 30 heavy (non-hydrogen) atoms. The number of rotatable bonds is 5. The molecule has 0 saturated carbocycles. The highest BCUT2D eigenvalue weighted by Crippen LogP contribution is 2.29. The van der Waals surface area contributed by atoms with Crippen LogP contribution in [0.5, 0.6) is 0 Å². The van der Waals surface area contributed by atoms with Crippen molar-refractivity contribution in [2.45, 2.75) is 32.9 Å². The third-order valence-electron chi connectivity index (χ3n) is 5.54. The Kier molecular flexibility index (Phi) is 5.35. The van der Waals surface area contributed by atoms with Crippen molar-refractivity contribution in [3.05, 3.63) is 81.9 Å². The molecule has 0 N–H and O–H groups in total. The second-order valence-corrected chi connectivity index (χ2v) is 7.61. The number of benzene rings is 1. The number of aryl methyl sites for hydroxylation is 1. The first-order valence-corrected chi connectivity index (χ1v) is 9.93. The minimum absolute atomic E-state index is 0.0639. The van der Waals surface area contributed by atoms with Gasteiger partial charge in [0.25, 0.3) is 5.56 Å². The molecule has 2 atom stereocenters. The summed E-state index contributed by atoms with van der Waals surface area (Å²) in [5, 5.41) is 0. The maximum absolute atomic E-state index is 12.6. The third-order valence-corrected chi connectivity index (χ3v) is 5.54. The number of carbonyl (C=O) groups is 2. The molecule has 1 saturated heterocycles. The van der Waals surface area contributed by atoms with Crippen LogP contribution in [0.15, 0.2) is 59.5 Å². The third kappa shape index (κ3) is 3.83. The van der Waals surface area contributed by atoms with E-state index in [-0.39, 0.29) is 30.5 Å². The summed E-state index contributed by atoms with van der Waals surface area (Å²) in [5.74, 6) is -1.03. The molecule has 0 aliphatic carbocycles. The lowest BCUT2D eigenvalue weighted by atomic mass is 10.1. The van der Waals surface area contributed by atoms with E-state index in [1.165, 1.54) is 10.5 Å². The molecule has 1 amide bonds. The van der Waals surface area contributed by atoms with Crippen LogP contribution in [0.3, 0.4) is 0 Å². The normalized spacial score (nSPS) is 17.3. The van der Waals surface area contributed by atoms with Crippen molar-refractivity contribution in [3.8, 4) is 0 Å². The van der Waals surface area contributed by atoms with Crippen molar-refractivity contribution in [2.75, 3.05) is 6.54 Å². The minimum Gasteiger partial charge on any atom is -0.459 e. The lowest BCUT2D eigenvalue weighted by molar-refractivity contribution is -0.149. The highest BCUT2D eigenvalue weighted by atomic mass is 16.5. The number of esters is 1. The highest BCUT2D eigenvalue weighted by molar-refractivity contribution is 5.87. The van der Waals surface area contributed by atoms with Gasteiger partial charge in [0.1, 0.15) is 12.3 Å². The van der Waals surface area contributed by atoms with E-state index in [4.69, 9.17) is 4.74 Å². The van der Waals surface area contributed by atoms with Gasteiger partial charge in [-0.15, -0.1) is 0 Å². The number of likely N-dealkylation sites (tertiary alicyclic amines) is 1. The first-order chi connectivity index (χ1) is 14.4. The average molecular weight is 405 g/mol. The fraction of sp³-hybridized carbons (Fsp3) is 0.304. The Hall–Kier alpha value is -3.48. The number of ether oxygens (including phenoxy) is 1. The van der Waals surface area contributed by atoms with Gasteiger partial charge in [0.05, 0.1) is 17.7 Å². The lowest BCUT2D eigenvalue weighted by Crippen LogP contribution is -2.29. The van der Waals surface area contributed by atoms with Crippen molar-refractivity contribution < 1.29 is 14.3 Å². The van der Waals surface area contributed by atoms with Gasteiger partial charge in [0, 0.05) is 25.2 Å². The van der Waals surface area contributed by atoms with Gasteiger partial charge in [-0.3, -0.25) is 18.8 Å². The molecule has 1 aromatic carbocycles. The number of fused-ring (bicyclic) bond motifs is 1. The van der Waals surface area contributed by atoms with Gasteiger partial charge in [-0.1, -0.05) is 36.4 Å². The number of hydrogen-bond acceptors (Lipinski definition) is 5. The summed E-state index contributed by atoms with van der Waals surface area (Å²) < 4.78 is 6.87. The maximum atomic E-state index is 12.6. The predicted molar refractivity (Wildman–Crippen MR) is 111 cm³/mol. The molecule has 1 aliphatic rings. The van der Waals surface area contributed by atoms with E-state index < -0.39 is 11.9 Å². The fourth-order valence-electron chi connectivity index (χ4n) is 3.82. The molecule has 7 nitrogen and oxygen atoms in total. The van der Waals surface area contributed by atoms with Gasteiger partial charge < -0.3 is 9.64 Å². The van der Waals surface area contributed by atoms with E-state index in [0.717, 1.165) is 11.1 Å². The van der Waals surface area contributed by atoms with E-state index >= 15 is 0 Å². The van der Waals surface area contributed by atoms with Crippen LogP contribution in [0.4, 0.5) is 0 Å². The standard InChI is InChI=1S/C23H23N3O4/c1-15-7-6-10-25-21(28)12-19(24-22(15)25)14-30-23(29)18-11-20(27)26(13-18)16(2)17-8-4-3-5-9-17/h3-10,12,16,18H,11,13-14H2,1-2H3/t16-,18-/m1/s1. The average Bonchev–Trinajstić information content (AvgIpc) is 3.14. The van der Waals surface area contributed by atoms with Gasteiger partial charge in [0.15, 0.2) is 0 Å². The van der Waals surface area contributed by atoms with Crippen molar-refractivity contribution in [1.29, 1.82) is 0 Å². The minimum atomic E-state index is -0.521. The molecule has 3 aromatic rings. The second-order valence-electron chi connectivity index (χ2n) is 7.61. The molecule has 154 valence electrons. The Morgan fingerprint density at radius 3 is 2.73 bits per heavy atom. The zero-order chi connectivity index (χ0) is 21.3. The Balaban J connectivity index is 1.43. The Morgan fingerprint density at radius 2 is 1.97 bits per heavy atom. The summed E-state index contributed by atoms with van der Waals surface area (Å²) >= 11 is 0. The van der Waals surface area contributed by atoms with E-state index in [1.807, 2.05) is 50.2 Å². The van der Waals surface area contributed by atoms with E-state index in [1.54, 1.807) is 17.2 Å². The molecular formula is C23H23N3O4. The van der Waals surface area contributed by atoms with Crippen LogP contribution >= 0.6 is 0 Å². The van der Waals surface area contributed by atoms with Crippen molar-refractivity contribution in [2.24, 2.45) is 5.92 Å². The number of nitrogens with zero attached hydrogens (tertiary/aromatic N) is 3. The van der Waals surface area contributed by atoms with E-state index in [9.17, 15) is 14.4 Å². The molecule has 0 bridgehead atoms. The molecule has 3 heterocycles. The summed E-state index contributed by atoms with van der Waals surface area (Å²) in [7, 11) is 0. The number of aromatic nitrogens is 2. The van der Waals surface area contributed by atoms with Gasteiger partial charge in [-0.25, -0.2) is 4.98 Å². The summed E-state index contributed by atoms with van der Waals surface area (Å²) in [6.07, 6.45) is 1.78. The summed E-state index contributed by atoms with van der Waals surface area (Å²) in [5.41, 5.74) is 2.58. The van der Waals surface area contributed by atoms with Crippen LogP contribution in [-0.2, 0) is 20.9 Å². The van der Waals surface area contributed by atoms with Crippen LogP contribution in [0.1, 0.15) is 36.2 Å². The molecule has 7 heteroatoms. The van der Waals surface area contributed by atoms with Crippen LogP contribution in [0.25, 0.3) is 5.65 Å². The van der Waals surface area contributed by atoms with Crippen LogP contribution < -0.4 is 5.56 Å². The zero-order valence-corrected chi connectivity index (χ0v) is 16.9. The SMILES string of the molecule is Cc1cccn2c(=O)cc(COC(=O)[C@@H]3CC(=O)N([C@H](C)c4ccccc4)C3)nc12. The van der Waals surface area contributed by atoms with Gasteiger partial charge >= 0.3 is 5.97 Å². The Morgan fingerprint density at radius 1 is 1.20 bits per heavy atom. The van der Waals surface area contributed by atoms with E-state index in [2.05, 4.69) is 4.98 Å². The van der Waals surface area contributed by atoms with Crippen LogP contribution in [-0.4, -0.2) is 32.7 Å². The Bertz CT molecular complexity index is 1160. The molecule has 0 unspecified atom stereocenters. The number of carbonyl (C=O) groups excluding carboxylic acids is 2. The molecule has 4 rings (SSSR count). The number of amides is 1. The van der Waals surface area contributed by atoms with Gasteiger partial charge in [-0.2, -0.15) is 0 Å². The molecule has 1 aliphatic heterocycles. The molecule has 2 aromatic heterocycles. The largest absolute Gasteiger partial charge is 0.459 e. The fourth-order valence-corrected chi connectivity index (χ4v) is 3.82. The molecule has 0 radical (unpaired) electrons. The van der Waals surface area contributed by atoms with Crippen molar-refractivity contribution >= 4 is 17.5 Å². The zero-order valence-electron chi connectivity index (χ0n) is 16.9. The predicted octanol–water partition coefficient (Wildman–Crippen LogP) is 2.66. The monoisotopic (exact) mass is 405 g/mol. The number of pyridine rings is 1. The quantitative estimate of drug-likeness (QED) is 0.610. The number of hydrogen-bond donors (Lipinski definition) is 0. The molecule has 0 spiro atoms.